The van der Waals surface area contributed by atoms with Gasteiger partial charge in [-0.25, -0.2) is 4.79 Å². The monoisotopic (exact) mass is 262 g/mol. The van der Waals surface area contributed by atoms with Crippen LogP contribution < -0.4 is 0 Å². The molecular formula is C15H22N2O2. The molecule has 1 aliphatic heterocycles. The molecular weight excluding hydrogens is 240 g/mol. The number of carbonyl (C=O) groups excluding carboxylic acids is 1. The smallest absolute Gasteiger partial charge is 0.410 e. The Labute approximate surface area is 114 Å². The zero-order valence-electron chi connectivity index (χ0n) is 12.1. The minimum Gasteiger partial charge on any atom is -0.444 e. The van der Waals surface area contributed by atoms with E-state index in [0.717, 1.165) is 24.4 Å². The Bertz CT molecular complexity index is 465. The number of nitrogens with zero attached hydrogens (tertiary/aromatic N) is 2. The zero-order chi connectivity index (χ0) is 14.0. The van der Waals surface area contributed by atoms with E-state index < -0.39 is 5.60 Å². The molecule has 1 aromatic rings. The maximum absolute atomic E-state index is 12.0. The van der Waals surface area contributed by atoms with Gasteiger partial charge in [0.2, 0.25) is 0 Å². The Kier molecular flexibility index (Phi) is 3.78. The molecule has 1 amide bonds. The Morgan fingerprint density at radius 3 is 2.79 bits per heavy atom. The number of likely N-dealkylation sites (tertiary alicyclic amines) is 1. The Balaban J connectivity index is 1.98. The molecule has 1 aromatic heterocycles. The molecule has 104 valence electrons. The fourth-order valence-electron chi connectivity index (χ4n) is 2.29. The Morgan fingerprint density at radius 1 is 1.42 bits per heavy atom. The van der Waals surface area contributed by atoms with Crippen LogP contribution in [0.4, 0.5) is 4.79 Å². The lowest BCUT2D eigenvalue weighted by Gasteiger charge is -2.24. The van der Waals surface area contributed by atoms with Gasteiger partial charge in [-0.15, -0.1) is 0 Å². The molecule has 0 saturated carbocycles. The molecule has 2 rings (SSSR count). The number of hydrogen-bond donors (Lipinski definition) is 0. The second-order valence-electron chi connectivity index (χ2n) is 6.12. The second-order valence-corrected chi connectivity index (χ2v) is 6.12. The molecule has 19 heavy (non-hydrogen) atoms. The highest BCUT2D eigenvalue weighted by Gasteiger charge is 2.31. The van der Waals surface area contributed by atoms with E-state index in [1.807, 2.05) is 45.9 Å². The number of rotatable bonds is 1. The van der Waals surface area contributed by atoms with Gasteiger partial charge in [0.15, 0.2) is 0 Å². The quantitative estimate of drug-likeness (QED) is 0.781. The summed E-state index contributed by atoms with van der Waals surface area (Å²) in [5.41, 5.74) is 1.66. The molecule has 4 heteroatoms. The molecule has 0 aromatic carbocycles. The van der Waals surface area contributed by atoms with Crippen molar-refractivity contribution >= 4 is 6.09 Å². The van der Waals surface area contributed by atoms with Gasteiger partial charge in [-0.2, -0.15) is 0 Å². The molecule has 1 unspecified atom stereocenters. The average Bonchev–Trinajstić information content (AvgIpc) is 2.75. The van der Waals surface area contributed by atoms with Gasteiger partial charge >= 0.3 is 6.09 Å². The first-order valence-electron chi connectivity index (χ1n) is 6.76. The Hall–Kier alpha value is -1.58. The van der Waals surface area contributed by atoms with Crippen LogP contribution in [0.1, 0.15) is 44.5 Å². The molecule has 0 bridgehead atoms. The van der Waals surface area contributed by atoms with E-state index in [0.29, 0.717) is 12.5 Å². The van der Waals surface area contributed by atoms with Gasteiger partial charge in [-0.05, 0) is 46.2 Å². The summed E-state index contributed by atoms with van der Waals surface area (Å²) in [7, 11) is 0. The molecule has 1 fully saturated rings. The lowest BCUT2D eigenvalue weighted by Crippen LogP contribution is -2.35. The summed E-state index contributed by atoms with van der Waals surface area (Å²) in [6.07, 6.45) is 0.734. The number of aryl methyl sites for hydroxylation is 1. The van der Waals surface area contributed by atoms with Gasteiger partial charge in [-0.3, -0.25) is 4.98 Å². The molecule has 0 radical (unpaired) electrons. The van der Waals surface area contributed by atoms with Crippen LogP contribution in [0, 0.1) is 6.92 Å². The first kappa shape index (κ1) is 13.8. The summed E-state index contributed by atoms with van der Waals surface area (Å²) in [5, 5.41) is 0. The SMILES string of the molecule is Cc1cccc(C2CCN(C(=O)OC(C)(C)C)C2)n1. The molecule has 1 aliphatic rings. The molecule has 1 saturated heterocycles. The van der Waals surface area contributed by atoms with Gasteiger partial charge in [0, 0.05) is 30.4 Å². The summed E-state index contributed by atoms with van der Waals surface area (Å²) < 4.78 is 5.40. The van der Waals surface area contributed by atoms with E-state index in [4.69, 9.17) is 4.74 Å². The molecule has 2 heterocycles. The highest BCUT2D eigenvalue weighted by molar-refractivity contribution is 5.68. The van der Waals surface area contributed by atoms with Crippen molar-refractivity contribution in [1.29, 1.82) is 0 Å². The summed E-state index contributed by atoms with van der Waals surface area (Å²) in [6.45, 7) is 9.10. The van der Waals surface area contributed by atoms with Crippen LogP contribution >= 0.6 is 0 Å². The Morgan fingerprint density at radius 2 is 2.16 bits per heavy atom. The minimum absolute atomic E-state index is 0.220. The number of aromatic nitrogens is 1. The van der Waals surface area contributed by atoms with Crippen LogP contribution in [0.2, 0.25) is 0 Å². The van der Waals surface area contributed by atoms with Crippen LogP contribution in [-0.2, 0) is 4.74 Å². The van der Waals surface area contributed by atoms with Crippen molar-refractivity contribution in [3.8, 4) is 0 Å². The summed E-state index contributed by atoms with van der Waals surface area (Å²) in [5.74, 6) is 0.326. The van der Waals surface area contributed by atoms with Crippen LogP contribution in [-0.4, -0.2) is 34.7 Å². The van der Waals surface area contributed by atoms with Gasteiger partial charge < -0.3 is 9.64 Å². The van der Waals surface area contributed by atoms with E-state index in [1.54, 1.807) is 4.90 Å². The topological polar surface area (TPSA) is 42.4 Å². The average molecular weight is 262 g/mol. The third kappa shape index (κ3) is 3.69. The number of hydrogen-bond acceptors (Lipinski definition) is 3. The molecule has 4 nitrogen and oxygen atoms in total. The number of carbonyl (C=O) groups is 1. The predicted molar refractivity (Wildman–Crippen MR) is 74.1 cm³/mol. The summed E-state index contributed by atoms with van der Waals surface area (Å²) >= 11 is 0. The molecule has 0 aliphatic carbocycles. The number of ether oxygens (including phenoxy) is 1. The standard InChI is InChI=1S/C15H22N2O2/c1-11-6-5-7-13(16-11)12-8-9-17(10-12)14(18)19-15(2,3)4/h5-7,12H,8-10H2,1-4H3. The summed E-state index contributed by atoms with van der Waals surface area (Å²) in [6, 6.07) is 6.05. The summed E-state index contributed by atoms with van der Waals surface area (Å²) in [4.78, 5) is 18.3. The van der Waals surface area contributed by atoms with E-state index >= 15 is 0 Å². The van der Waals surface area contributed by atoms with Crippen molar-refractivity contribution in [2.75, 3.05) is 13.1 Å². The van der Waals surface area contributed by atoms with Crippen molar-refractivity contribution in [1.82, 2.24) is 9.88 Å². The maximum Gasteiger partial charge on any atom is 0.410 e. The first-order chi connectivity index (χ1) is 8.85. The third-order valence-electron chi connectivity index (χ3n) is 3.17. The number of pyridine rings is 1. The van der Waals surface area contributed by atoms with E-state index in [-0.39, 0.29) is 6.09 Å². The predicted octanol–water partition coefficient (Wildman–Crippen LogP) is 3.11. The van der Waals surface area contributed by atoms with E-state index in [1.165, 1.54) is 0 Å². The maximum atomic E-state index is 12.0. The van der Waals surface area contributed by atoms with Gasteiger partial charge in [0.25, 0.3) is 0 Å². The van der Waals surface area contributed by atoms with Crippen LogP contribution in [0.15, 0.2) is 18.2 Å². The van der Waals surface area contributed by atoms with Crippen LogP contribution in [0.25, 0.3) is 0 Å². The van der Waals surface area contributed by atoms with E-state index in [9.17, 15) is 4.79 Å². The first-order valence-corrected chi connectivity index (χ1v) is 6.76. The fourth-order valence-corrected chi connectivity index (χ4v) is 2.29. The van der Waals surface area contributed by atoms with Gasteiger partial charge in [0.05, 0.1) is 0 Å². The molecule has 1 atom stereocenters. The highest BCUT2D eigenvalue weighted by Crippen LogP contribution is 2.27. The van der Waals surface area contributed by atoms with Crippen molar-refractivity contribution < 1.29 is 9.53 Å². The van der Waals surface area contributed by atoms with Crippen molar-refractivity contribution in [3.63, 3.8) is 0 Å². The largest absolute Gasteiger partial charge is 0.444 e. The fraction of sp³-hybridized carbons (Fsp3) is 0.600. The van der Waals surface area contributed by atoms with Crippen molar-refractivity contribution in [2.24, 2.45) is 0 Å². The highest BCUT2D eigenvalue weighted by atomic mass is 16.6. The van der Waals surface area contributed by atoms with Crippen molar-refractivity contribution in [3.05, 3.63) is 29.6 Å². The minimum atomic E-state index is -0.434. The number of amides is 1. The van der Waals surface area contributed by atoms with Crippen LogP contribution in [0.3, 0.4) is 0 Å². The zero-order valence-corrected chi connectivity index (χ0v) is 12.1. The third-order valence-corrected chi connectivity index (χ3v) is 3.17. The lowest BCUT2D eigenvalue weighted by molar-refractivity contribution is 0.0292. The van der Waals surface area contributed by atoms with Crippen molar-refractivity contribution in [2.45, 2.75) is 45.6 Å². The van der Waals surface area contributed by atoms with Gasteiger partial charge in [0.1, 0.15) is 5.60 Å². The van der Waals surface area contributed by atoms with E-state index in [2.05, 4.69) is 4.98 Å². The van der Waals surface area contributed by atoms with Crippen LogP contribution in [0.5, 0.6) is 0 Å². The normalized spacial score (nSPS) is 19.6. The molecule has 0 spiro atoms. The second kappa shape index (κ2) is 5.19. The van der Waals surface area contributed by atoms with Gasteiger partial charge in [-0.1, -0.05) is 6.07 Å². The lowest BCUT2D eigenvalue weighted by atomic mass is 10.0. The molecule has 0 N–H and O–H groups in total.